The van der Waals surface area contributed by atoms with Gasteiger partial charge in [0.1, 0.15) is 0 Å². The van der Waals surface area contributed by atoms with E-state index < -0.39 is 113 Å². The van der Waals surface area contributed by atoms with Gasteiger partial charge in [0.15, 0.2) is 0 Å². The summed E-state index contributed by atoms with van der Waals surface area (Å²) in [5, 5.41) is 44.2. The third-order valence-corrected chi connectivity index (χ3v) is 23.0. The molecule has 0 saturated heterocycles. The monoisotopic (exact) mass is 928 g/mol. The largest absolute Gasteiger partial charge is 3.00 e. The molecule has 0 bridgehead atoms. The molecule has 50 heavy (non-hydrogen) atoms. The van der Waals surface area contributed by atoms with Gasteiger partial charge in [-0.2, -0.15) is 0 Å². The molecule has 0 aliphatic rings. The molecule has 0 spiro atoms. The van der Waals surface area contributed by atoms with E-state index in [1.54, 1.807) is 0 Å². The molecule has 18 nitrogen and oxygen atoms in total. The van der Waals surface area contributed by atoms with Gasteiger partial charge < -0.3 is 87.4 Å². The summed E-state index contributed by atoms with van der Waals surface area (Å²) in [5.41, 5.74) is 0. The topological polar surface area (TPSA) is 362 Å². The third-order valence-electron chi connectivity index (χ3n) is 7.07. The van der Waals surface area contributed by atoms with Crippen molar-refractivity contribution < 1.29 is 122 Å². The molecule has 2 radical (unpaired) electrons. The van der Waals surface area contributed by atoms with Crippen LogP contribution in [0.2, 0.25) is 0 Å². The van der Waals surface area contributed by atoms with Gasteiger partial charge in [-0.05, 0) is 120 Å². The van der Waals surface area contributed by atoms with E-state index in [-0.39, 0.29) is 34.1 Å². The van der Waals surface area contributed by atoms with Crippen molar-refractivity contribution in [3.8, 4) is 0 Å². The summed E-state index contributed by atoms with van der Waals surface area (Å²) >= 11 is 0. The van der Waals surface area contributed by atoms with E-state index in [1.165, 1.54) is 0 Å². The second-order valence-electron chi connectivity index (χ2n) is 14.3. The van der Waals surface area contributed by atoms with Crippen molar-refractivity contribution in [1.82, 2.24) is 0 Å². The first-order valence-electron chi connectivity index (χ1n) is 14.3. The van der Waals surface area contributed by atoms with Crippen LogP contribution in [0, 0.1) is 0 Å². The normalized spacial score (nSPS) is 20.4. The molecule has 6 unspecified atom stereocenters. The summed E-state index contributed by atoms with van der Waals surface area (Å²) in [6, 6.07) is 0. The maximum absolute atomic E-state index is 11.5. The van der Waals surface area contributed by atoms with Gasteiger partial charge in [0.05, 0.1) is 32.1 Å². The van der Waals surface area contributed by atoms with Crippen LogP contribution in [-0.4, -0.2) is 99.7 Å². The minimum Gasteiger partial charge on any atom is -0.797 e. The van der Waals surface area contributed by atoms with Crippen LogP contribution in [0.15, 0.2) is 0 Å². The zero-order valence-corrected chi connectivity index (χ0v) is 37.8. The molecule has 26 heteroatoms. The third kappa shape index (κ3) is 20.2. The van der Waals surface area contributed by atoms with Crippen LogP contribution in [0.5, 0.6) is 0 Å². The first-order valence-corrected chi connectivity index (χ1v) is 25.1. The van der Waals surface area contributed by atoms with E-state index in [2.05, 4.69) is 0 Å². The van der Waals surface area contributed by atoms with Gasteiger partial charge in [0, 0.05) is 44.2 Å². The van der Waals surface area contributed by atoms with Gasteiger partial charge in [-0.25, -0.2) is 0 Å². The fourth-order valence-electron chi connectivity index (χ4n) is 2.43. The van der Waals surface area contributed by atoms with E-state index in [9.17, 15) is 87.4 Å². The van der Waals surface area contributed by atoms with Crippen molar-refractivity contribution in [3.05, 3.63) is 0 Å². The number of aliphatic hydroxyl groups is 6. The molecule has 0 aromatic rings. The van der Waals surface area contributed by atoms with Gasteiger partial charge in [-0.1, -0.05) is 0 Å². The Labute approximate surface area is 316 Å². The summed E-state index contributed by atoms with van der Waals surface area (Å²) in [4.78, 5) is 68.8. The molecule has 0 amide bonds. The molecule has 0 aliphatic heterocycles. The van der Waals surface area contributed by atoms with E-state index in [1.807, 2.05) is 0 Å². The van der Waals surface area contributed by atoms with Crippen molar-refractivity contribution >= 4 is 44.2 Å². The number of rotatable bonds is 15. The standard InChI is InChI=1S/3C8H20O6P2.2Fe/c3*1-7(2,9)15(11,12)5-6-16(13,14)8(3,4)10;;/h3*9-10H,5-6H2,1-4H3,(H,11,12)(H,13,14);;/q;;;2*+3/p-6. The second kappa shape index (κ2) is 19.9. The molecular formula is C24H54Fe2O18P6. The molecular weight excluding hydrogens is 874 g/mol. The average Bonchev–Trinajstić information content (AvgIpc) is 2.77. The second-order valence-corrected chi connectivity index (χ2v) is 31.7. The number of hydrogen-bond donors (Lipinski definition) is 6. The maximum Gasteiger partial charge on any atom is 3.00 e. The Bertz CT molecular complexity index is 1080. The van der Waals surface area contributed by atoms with E-state index in [0.29, 0.717) is 0 Å². The van der Waals surface area contributed by atoms with Crippen LogP contribution in [0.1, 0.15) is 83.1 Å². The van der Waals surface area contributed by atoms with Crippen LogP contribution < -0.4 is 29.4 Å². The van der Waals surface area contributed by atoms with Gasteiger partial charge >= 0.3 is 34.1 Å². The molecule has 0 fully saturated rings. The zero-order valence-electron chi connectivity index (χ0n) is 30.2. The van der Waals surface area contributed by atoms with Gasteiger partial charge in [-0.15, -0.1) is 0 Å². The summed E-state index contributed by atoms with van der Waals surface area (Å²) in [6.45, 7) is 13.0. The van der Waals surface area contributed by atoms with Crippen molar-refractivity contribution in [2.45, 2.75) is 115 Å². The molecule has 6 N–H and O–H groups in total. The number of hydrogen-bond acceptors (Lipinski definition) is 18. The van der Waals surface area contributed by atoms with E-state index >= 15 is 0 Å². The van der Waals surface area contributed by atoms with Crippen molar-refractivity contribution in [2.24, 2.45) is 0 Å². The van der Waals surface area contributed by atoms with Crippen LogP contribution in [-0.2, 0) is 61.5 Å². The van der Waals surface area contributed by atoms with Crippen molar-refractivity contribution in [2.75, 3.05) is 37.0 Å². The predicted octanol–water partition coefficient (Wildman–Crippen LogP) is -0.845. The summed E-state index contributed by atoms with van der Waals surface area (Å²) < 4.78 is 68.8. The zero-order chi connectivity index (χ0) is 40.2. The molecule has 6 atom stereocenters. The Hall–Kier alpha value is 1.94. The molecule has 0 aromatic heterocycles. The smallest absolute Gasteiger partial charge is 0.797 e. The van der Waals surface area contributed by atoms with Crippen LogP contribution >= 0.6 is 44.2 Å². The first kappa shape index (κ1) is 61.2. The van der Waals surface area contributed by atoms with Crippen LogP contribution in [0.4, 0.5) is 0 Å². The Morgan fingerprint density at radius 3 is 0.400 bits per heavy atom. The minimum atomic E-state index is -4.22. The van der Waals surface area contributed by atoms with Crippen LogP contribution in [0.3, 0.4) is 0 Å². The average molecular weight is 928 g/mol. The summed E-state index contributed by atoms with van der Waals surface area (Å²) in [6.07, 6.45) is -4.08. The SMILES string of the molecule is CC(C)(O)P(=O)([O-])CCP(=O)([O-])C(C)(C)O.CC(C)(O)P(=O)([O-])CCP(=O)([O-])C(C)(C)O.CC(C)(O)P(=O)([O-])CCP(=O)([O-])C(C)(C)O.[Fe+3].[Fe+3]. The van der Waals surface area contributed by atoms with E-state index in [4.69, 9.17) is 0 Å². The molecule has 0 aliphatic carbocycles. The van der Waals surface area contributed by atoms with Crippen molar-refractivity contribution in [1.29, 1.82) is 0 Å². The Kier molecular flexibility index (Phi) is 24.3. The Balaban J connectivity index is -0.000000199. The predicted molar refractivity (Wildman–Crippen MR) is 173 cm³/mol. The fraction of sp³-hybridized carbons (Fsp3) is 1.00. The van der Waals surface area contributed by atoms with Crippen LogP contribution in [0.25, 0.3) is 0 Å². The summed E-state index contributed by atoms with van der Waals surface area (Å²) in [7, 11) is -25.3. The summed E-state index contributed by atoms with van der Waals surface area (Å²) in [5.74, 6) is 0. The van der Waals surface area contributed by atoms with E-state index in [0.717, 1.165) is 83.1 Å². The van der Waals surface area contributed by atoms with Crippen molar-refractivity contribution in [3.63, 3.8) is 0 Å². The van der Waals surface area contributed by atoms with Gasteiger partial charge in [0.25, 0.3) is 0 Å². The fourth-order valence-corrected chi connectivity index (χ4v) is 12.0. The molecule has 0 saturated carbocycles. The molecule has 0 rings (SSSR count). The van der Waals surface area contributed by atoms with Gasteiger partial charge in [-0.3, -0.25) is 0 Å². The maximum atomic E-state index is 11.5. The molecule has 0 aromatic carbocycles. The molecule has 0 heterocycles. The quantitative estimate of drug-likeness (QED) is 0.0861. The first-order chi connectivity index (χ1) is 20.1. The molecule has 304 valence electrons. The Morgan fingerprint density at radius 1 is 0.300 bits per heavy atom. The van der Waals surface area contributed by atoms with Gasteiger partial charge in [0.2, 0.25) is 0 Å². The Morgan fingerprint density at radius 2 is 0.360 bits per heavy atom. The minimum absolute atomic E-state index is 0.